The van der Waals surface area contributed by atoms with Crippen LogP contribution in [0.4, 0.5) is 5.69 Å². The Hall–Kier alpha value is -2.41. The van der Waals surface area contributed by atoms with Crippen molar-refractivity contribution in [3.63, 3.8) is 0 Å². The molecular weight excluding hydrogens is 447 g/mol. The van der Waals surface area contributed by atoms with Crippen LogP contribution in [0.15, 0.2) is 30.5 Å². The van der Waals surface area contributed by atoms with Gasteiger partial charge in [-0.2, -0.15) is 0 Å². The molecule has 4 rings (SSSR count). The van der Waals surface area contributed by atoms with E-state index < -0.39 is 0 Å². The molecule has 1 aliphatic rings. The van der Waals surface area contributed by atoms with E-state index in [0.29, 0.717) is 39.5 Å². The number of aldehydes is 1. The van der Waals surface area contributed by atoms with Crippen LogP contribution in [0.5, 0.6) is 5.75 Å². The van der Waals surface area contributed by atoms with E-state index in [1.54, 1.807) is 18.3 Å². The lowest BCUT2D eigenvalue weighted by molar-refractivity contribution is 0.112. The van der Waals surface area contributed by atoms with E-state index in [-0.39, 0.29) is 21.8 Å². The predicted octanol–water partition coefficient (Wildman–Crippen LogP) is 5.65. The van der Waals surface area contributed by atoms with E-state index in [1.165, 1.54) is 0 Å². The summed E-state index contributed by atoms with van der Waals surface area (Å²) in [5.41, 5.74) is 3.82. The van der Waals surface area contributed by atoms with Gasteiger partial charge in [0.05, 0.1) is 32.5 Å². The number of phenolic OH excluding ortho intramolecular Hbond substituents is 1. The summed E-state index contributed by atoms with van der Waals surface area (Å²) in [6.45, 7) is 1.10. The number of hydrogen-bond donors (Lipinski definition) is 2. The van der Waals surface area contributed by atoms with Crippen molar-refractivity contribution >= 4 is 46.2 Å². The maximum Gasteiger partial charge on any atom is 0.153 e. The van der Waals surface area contributed by atoms with Gasteiger partial charge in [0.2, 0.25) is 0 Å². The molecule has 1 aliphatic carbocycles. The van der Waals surface area contributed by atoms with E-state index in [1.807, 2.05) is 12.1 Å². The summed E-state index contributed by atoms with van der Waals surface area (Å²) in [6.07, 6.45) is 6.80. The number of benzene rings is 1. The molecule has 0 radical (unpaired) electrons. The second-order valence-electron chi connectivity index (χ2n) is 8.68. The number of halogens is 2. The number of carbonyl (C=O) groups excluding carboxylic acids is 1. The van der Waals surface area contributed by atoms with Gasteiger partial charge in [-0.25, -0.2) is 4.98 Å². The maximum absolute atomic E-state index is 11.8. The second kappa shape index (κ2) is 9.61. The summed E-state index contributed by atoms with van der Waals surface area (Å²) < 4.78 is 0. The average Bonchev–Trinajstić information content (AvgIpc) is 2.78. The van der Waals surface area contributed by atoms with Gasteiger partial charge in [0.15, 0.2) is 12.0 Å². The van der Waals surface area contributed by atoms with E-state index >= 15 is 0 Å². The highest BCUT2D eigenvalue weighted by Crippen LogP contribution is 2.37. The van der Waals surface area contributed by atoms with Crippen LogP contribution in [0.25, 0.3) is 22.3 Å². The molecule has 0 atom stereocenters. The smallest absolute Gasteiger partial charge is 0.153 e. The molecule has 2 heterocycles. The Balaban J connectivity index is 1.67. The van der Waals surface area contributed by atoms with Gasteiger partial charge in [0.25, 0.3) is 0 Å². The number of phenols is 1. The van der Waals surface area contributed by atoms with Gasteiger partial charge in [0.1, 0.15) is 5.52 Å². The van der Waals surface area contributed by atoms with Crippen molar-refractivity contribution in [2.75, 3.05) is 26.0 Å². The zero-order valence-corrected chi connectivity index (χ0v) is 19.6. The molecule has 168 valence electrons. The molecular formula is C24H26Cl2N4O2. The van der Waals surface area contributed by atoms with E-state index in [4.69, 9.17) is 28.2 Å². The summed E-state index contributed by atoms with van der Waals surface area (Å²) in [6, 6.07) is 7.20. The van der Waals surface area contributed by atoms with Crippen LogP contribution in [0.3, 0.4) is 0 Å². The number of rotatable bonds is 6. The third kappa shape index (κ3) is 4.82. The van der Waals surface area contributed by atoms with Crippen LogP contribution in [0, 0.1) is 5.92 Å². The molecule has 1 saturated carbocycles. The largest absolute Gasteiger partial charge is 0.505 e. The fourth-order valence-electron chi connectivity index (χ4n) is 4.41. The highest BCUT2D eigenvalue weighted by molar-refractivity contribution is 6.37. The number of hydrogen-bond acceptors (Lipinski definition) is 6. The molecule has 2 N–H and O–H groups in total. The summed E-state index contributed by atoms with van der Waals surface area (Å²) in [5.74, 6) is 0.548. The third-order valence-corrected chi connectivity index (χ3v) is 6.58. The van der Waals surface area contributed by atoms with E-state index in [2.05, 4.69) is 29.3 Å². The van der Waals surface area contributed by atoms with Crippen molar-refractivity contribution in [2.24, 2.45) is 5.92 Å². The molecule has 8 heteroatoms. The first kappa shape index (κ1) is 22.8. The topological polar surface area (TPSA) is 78.4 Å². The van der Waals surface area contributed by atoms with Crippen LogP contribution in [0.2, 0.25) is 10.0 Å². The second-order valence-corrected chi connectivity index (χ2v) is 9.50. The lowest BCUT2D eigenvalue weighted by Crippen LogP contribution is -2.31. The van der Waals surface area contributed by atoms with Crippen molar-refractivity contribution in [3.8, 4) is 17.0 Å². The molecule has 0 amide bonds. The maximum atomic E-state index is 11.8. The highest BCUT2D eigenvalue weighted by Gasteiger charge is 2.23. The Morgan fingerprint density at radius 1 is 1.16 bits per heavy atom. The molecule has 0 bridgehead atoms. The van der Waals surface area contributed by atoms with Gasteiger partial charge in [-0.3, -0.25) is 9.78 Å². The van der Waals surface area contributed by atoms with Gasteiger partial charge in [-0.05, 0) is 70.0 Å². The van der Waals surface area contributed by atoms with Crippen molar-refractivity contribution in [1.82, 2.24) is 14.9 Å². The Kier molecular flexibility index (Phi) is 6.84. The molecule has 0 spiro atoms. The Labute approximate surface area is 197 Å². The fraction of sp³-hybridized carbons (Fsp3) is 0.375. The van der Waals surface area contributed by atoms with Gasteiger partial charge in [-0.15, -0.1) is 0 Å². The standard InChI is InChI=1S/C24H26Cl2N4O2/c1-30(2)12-14-3-5-17(6-4-14)28-22-16(13-31)11-27-21-8-7-20(29-23(21)22)15-9-18(25)24(32)19(26)10-15/h7-11,13-14,17,32H,3-6,12H2,1-2H3,(H,27,28). The lowest BCUT2D eigenvalue weighted by Gasteiger charge is -2.31. The molecule has 32 heavy (non-hydrogen) atoms. The molecule has 3 aromatic rings. The van der Waals surface area contributed by atoms with Crippen LogP contribution in [0.1, 0.15) is 36.0 Å². The first-order valence-corrected chi connectivity index (χ1v) is 11.5. The molecule has 0 saturated heterocycles. The minimum absolute atomic E-state index is 0.155. The summed E-state index contributed by atoms with van der Waals surface area (Å²) in [5, 5.41) is 13.8. The van der Waals surface area contributed by atoms with E-state index in [9.17, 15) is 9.90 Å². The van der Waals surface area contributed by atoms with Crippen LogP contribution < -0.4 is 5.32 Å². The first-order valence-electron chi connectivity index (χ1n) is 10.7. The first-order chi connectivity index (χ1) is 15.4. The van der Waals surface area contributed by atoms with Crippen molar-refractivity contribution in [1.29, 1.82) is 0 Å². The number of nitrogens with one attached hydrogen (secondary N) is 1. The SMILES string of the molecule is CN(C)CC1CCC(Nc2c(C=O)cnc3ccc(-c4cc(Cl)c(O)c(Cl)c4)nc23)CC1. The van der Waals surface area contributed by atoms with Gasteiger partial charge >= 0.3 is 0 Å². The molecule has 1 fully saturated rings. The lowest BCUT2D eigenvalue weighted by atomic mass is 9.85. The zero-order valence-electron chi connectivity index (χ0n) is 18.1. The van der Waals surface area contributed by atoms with Gasteiger partial charge in [0, 0.05) is 24.3 Å². The Bertz CT molecular complexity index is 1120. The molecule has 1 aromatic carbocycles. The fourth-order valence-corrected chi connectivity index (χ4v) is 4.89. The van der Waals surface area contributed by atoms with Crippen LogP contribution in [-0.2, 0) is 0 Å². The summed E-state index contributed by atoms with van der Waals surface area (Å²) in [7, 11) is 4.23. The number of nitrogens with zero attached hydrogens (tertiary/aromatic N) is 3. The van der Waals surface area contributed by atoms with Crippen molar-refractivity contribution in [2.45, 2.75) is 31.7 Å². The monoisotopic (exact) mass is 472 g/mol. The minimum Gasteiger partial charge on any atom is -0.505 e. The number of aromatic hydroxyl groups is 1. The minimum atomic E-state index is -0.157. The van der Waals surface area contributed by atoms with Gasteiger partial charge < -0.3 is 15.3 Å². The third-order valence-electron chi connectivity index (χ3n) is 6.00. The van der Waals surface area contributed by atoms with Crippen molar-refractivity contribution in [3.05, 3.63) is 46.1 Å². The van der Waals surface area contributed by atoms with Gasteiger partial charge in [-0.1, -0.05) is 23.2 Å². The number of pyridine rings is 2. The van der Waals surface area contributed by atoms with Crippen molar-refractivity contribution < 1.29 is 9.90 Å². The Morgan fingerprint density at radius 3 is 2.47 bits per heavy atom. The predicted molar refractivity (Wildman–Crippen MR) is 130 cm³/mol. The highest BCUT2D eigenvalue weighted by atomic mass is 35.5. The number of fused-ring (bicyclic) bond motifs is 1. The normalized spacial score (nSPS) is 18.8. The molecule has 0 aliphatic heterocycles. The summed E-state index contributed by atoms with van der Waals surface area (Å²) in [4.78, 5) is 23.2. The Morgan fingerprint density at radius 2 is 1.84 bits per heavy atom. The quantitative estimate of drug-likeness (QED) is 0.451. The van der Waals surface area contributed by atoms with Crippen LogP contribution in [-0.4, -0.2) is 52.9 Å². The van der Waals surface area contributed by atoms with Crippen LogP contribution >= 0.6 is 23.2 Å². The van der Waals surface area contributed by atoms with E-state index in [0.717, 1.165) is 38.5 Å². The molecule has 0 unspecified atom stereocenters. The number of carbonyl (C=O) groups is 1. The summed E-state index contributed by atoms with van der Waals surface area (Å²) >= 11 is 12.2. The molecule has 2 aromatic heterocycles. The zero-order chi connectivity index (χ0) is 22.8. The number of aromatic nitrogens is 2. The number of anilines is 1. The average molecular weight is 473 g/mol. The molecule has 6 nitrogen and oxygen atoms in total.